The Morgan fingerprint density at radius 3 is 2.74 bits per heavy atom. The topological polar surface area (TPSA) is 58.6 Å². The zero-order chi connectivity index (χ0) is 19.2. The molecule has 0 bridgehead atoms. The lowest BCUT2D eigenvalue weighted by molar-refractivity contribution is -0.136. The van der Waals surface area contributed by atoms with E-state index in [-0.39, 0.29) is 30.1 Å². The van der Waals surface area contributed by atoms with Crippen LogP contribution >= 0.6 is 15.9 Å². The van der Waals surface area contributed by atoms with Crippen molar-refractivity contribution in [1.29, 1.82) is 0 Å². The number of carbonyl (C=O) groups is 2. The second kappa shape index (κ2) is 8.99. The molecule has 1 N–H and O–H groups in total. The second-order valence-electron chi connectivity index (χ2n) is 6.40. The Balaban J connectivity index is 1.53. The molecule has 1 aliphatic rings. The first-order chi connectivity index (χ1) is 13.0. The van der Waals surface area contributed by atoms with Crippen molar-refractivity contribution >= 4 is 33.4 Å². The third-order valence-electron chi connectivity index (χ3n) is 4.43. The van der Waals surface area contributed by atoms with E-state index in [9.17, 15) is 14.0 Å². The Labute approximate surface area is 165 Å². The number of hydrogen-bond donors (Lipinski definition) is 1. The summed E-state index contributed by atoms with van der Waals surface area (Å²) >= 11 is 3.17. The van der Waals surface area contributed by atoms with Crippen LogP contribution in [0.15, 0.2) is 53.0 Å². The summed E-state index contributed by atoms with van der Waals surface area (Å²) in [4.78, 5) is 26.5. The molecule has 0 saturated carbocycles. The molecule has 27 heavy (non-hydrogen) atoms. The zero-order valence-electron chi connectivity index (χ0n) is 14.7. The molecule has 0 radical (unpaired) electrons. The van der Waals surface area contributed by atoms with Crippen LogP contribution in [-0.2, 0) is 9.59 Å². The molecule has 5 nitrogen and oxygen atoms in total. The number of nitrogens with one attached hydrogen (secondary N) is 1. The van der Waals surface area contributed by atoms with Crippen LogP contribution in [0.1, 0.15) is 12.8 Å². The number of anilines is 1. The third kappa shape index (κ3) is 5.29. The molecule has 1 fully saturated rings. The Kier molecular flexibility index (Phi) is 6.45. The summed E-state index contributed by atoms with van der Waals surface area (Å²) in [7, 11) is 0. The molecule has 0 aliphatic carbocycles. The average molecular weight is 435 g/mol. The van der Waals surface area contributed by atoms with E-state index in [1.165, 1.54) is 12.1 Å². The van der Waals surface area contributed by atoms with Crippen molar-refractivity contribution in [3.63, 3.8) is 0 Å². The predicted molar refractivity (Wildman–Crippen MR) is 104 cm³/mol. The van der Waals surface area contributed by atoms with Gasteiger partial charge in [-0.3, -0.25) is 9.59 Å². The van der Waals surface area contributed by atoms with Crippen LogP contribution in [0.3, 0.4) is 0 Å². The third-order valence-corrected chi connectivity index (χ3v) is 4.92. The quantitative estimate of drug-likeness (QED) is 0.777. The molecule has 2 aromatic rings. The maximum atomic E-state index is 13.8. The number of likely N-dealkylation sites (tertiary alicyclic amines) is 1. The molecule has 0 spiro atoms. The summed E-state index contributed by atoms with van der Waals surface area (Å²) in [6.45, 7) is 0.648. The highest BCUT2D eigenvalue weighted by atomic mass is 79.9. The molecule has 1 heterocycles. The summed E-state index contributed by atoms with van der Waals surface area (Å²) in [5.41, 5.74) is 0.736. The minimum Gasteiger partial charge on any atom is -0.481 e. The number of amides is 2. The number of nitrogens with zero attached hydrogens (tertiary/aromatic N) is 1. The van der Waals surface area contributed by atoms with Crippen molar-refractivity contribution in [1.82, 2.24) is 4.90 Å². The maximum Gasteiger partial charge on any atom is 0.260 e. The molecule has 2 amide bonds. The van der Waals surface area contributed by atoms with Gasteiger partial charge in [-0.15, -0.1) is 0 Å². The van der Waals surface area contributed by atoms with Crippen LogP contribution in [0, 0.1) is 11.7 Å². The fourth-order valence-corrected chi connectivity index (χ4v) is 3.34. The van der Waals surface area contributed by atoms with Gasteiger partial charge in [-0.1, -0.05) is 34.1 Å². The summed E-state index contributed by atoms with van der Waals surface area (Å²) in [6, 6.07) is 13.6. The Hall–Kier alpha value is -2.41. The van der Waals surface area contributed by atoms with Crippen LogP contribution in [0.4, 0.5) is 10.1 Å². The molecular formula is C20H20BrFN2O3. The number of carbonyl (C=O) groups excluding carboxylic acids is 2. The molecule has 0 aromatic heterocycles. The van der Waals surface area contributed by atoms with Crippen LogP contribution in [0.2, 0.25) is 0 Å². The second-order valence-corrected chi connectivity index (χ2v) is 7.31. The number of para-hydroxylation sites is 1. The normalized spacial score (nSPS) is 16.7. The number of rotatable bonds is 5. The number of piperidine rings is 1. The van der Waals surface area contributed by atoms with Gasteiger partial charge in [0, 0.05) is 23.2 Å². The molecule has 1 saturated heterocycles. The largest absolute Gasteiger partial charge is 0.481 e. The van der Waals surface area contributed by atoms with Crippen LogP contribution < -0.4 is 10.1 Å². The van der Waals surface area contributed by atoms with Gasteiger partial charge in [0.2, 0.25) is 5.91 Å². The van der Waals surface area contributed by atoms with Gasteiger partial charge < -0.3 is 15.0 Å². The van der Waals surface area contributed by atoms with Gasteiger partial charge in [0.1, 0.15) is 0 Å². The van der Waals surface area contributed by atoms with Crippen molar-refractivity contribution < 1.29 is 18.7 Å². The minimum absolute atomic E-state index is 0.0296. The minimum atomic E-state index is -0.532. The number of halogens is 2. The fourth-order valence-electron chi connectivity index (χ4n) is 3.01. The van der Waals surface area contributed by atoms with E-state index in [1.807, 2.05) is 30.3 Å². The summed E-state index contributed by atoms with van der Waals surface area (Å²) in [5, 5.41) is 2.88. The van der Waals surface area contributed by atoms with E-state index in [4.69, 9.17) is 4.74 Å². The molecule has 1 aliphatic heterocycles. The highest BCUT2D eigenvalue weighted by Gasteiger charge is 2.28. The van der Waals surface area contributed by atoms with E-state index in [0.717, 1.165) is 18.5 Å². The molecule has 1 atom stereocenters. The van der Waals surface area contributed by atoms with Gasteiger partial charge in [-0.25, -0.2) is 4.39 Å². The molecule has 142 valence electrons. The van der Waals surface area contributed by atoms with Crippen molar-refractivity contribution in [3.05, 3.63) is 58.8 Å². The average Bonchev–Trinajstić information content (AvgIpc) is 2.68. The fraction of sp³-hybridized carbons (Fsp3) is 0.300. The van der Waals surface area contributed by atoms with E-state index in [1.54, 1.807) is 11.0 Å². The van der Waals surface area contributed by atoms with Gasteiger partial charge in [0.05, 0.1) is 5.92 Å². The predicted octanol–water partition coefficient (Wildman–Crippen LogP) is 3.84. The standard InChI is InChI=1S/C20H20BrFN2O3/c21-15-8-9-18(17(22)11-15)27-13-19(25)24-10-4-5-14(12-24)20(26)23-16-6-2-1-3-7-16/h1-3,6-9,11,14H,4-5,10,12-13H2,(H,23,26). The molecule has 7 heteroatoms. The van der Waals surface area contributed by atoms with Gasteiger partial charge in [0.15, 0.2) is 18.2 Å². The van der Waals surface area contributed by atoms with Crippen LogP contribution in [-0.4, -0.2) is 36.4 Å². The molecule has 1 unspecified atom stereocenters. The Morgan fingerprint density at radius 2 is 2.00 bits per heavy atom. The first-order valence-corrected chi connectivity index (χ1v) is 9.54. The van der Waals surface area contributed by atoms with Crippen molar-refractivity contribution in [2.24, 2.45) is 5.92 Å². The molecule has 3 rings (SSSR count). The lowest BCUT2D eigenvalue weighted by Gasteiger charge is -2.32. The van der Waals surface area contributed by atoms with Gasteiger partial charge >= 0.3 is 0 Å². The zero-order valence-corrected chi connectivity index (χ0v) is 16.2. The number of ether oxygens (including phenoxy) is 1. The van der Waals surface area contributed by atoms with Gasteiger partial charge in [0.25, 0.3) is 5.91 Å². The van der Waals surface area contributed by atoms with Crippen molar-refractivity contribution in [2.75, 3.05) is 25.0 Å². The lowest BCUT2D eigenvalue weighted by atomic mass is 9.97. The summed E-state index contributed by atoms with van der Waals surface area (Å²) in [5.74, 6) is -1.13. The lowest BCUT2D eigenvalue weighted by Crippen LogP contribution is -2.45. The number of benzene rings is 2. The van der Waals surface area contributed by atoms with Crippen molar-refractivity contribution in [2.45, 2.75) is 12.8 Å². The highest BCUT2D eigenvalue weighted by Crippen LogP contribution is 2.22. The Morgan fingerprint density at radius 1 is 1.22 bits per heavy atom. The van der Waals surface area contributed by atoms with Crippen molar-refractivity contribution in [3.8, 4) is 5.75 Å². The Bertz CT molecular complexity index is 816. The van der Waals surface area contributed by atoms with Crippen LogP contribution in [0.25, 0.3) is 0 Å². The van der Waals surface area contributed by atoms with E-state index >= 15 is 0 Å². The molecule has 2 aromatic carbocycles. The van der Waals surface area contributed by atoms with E-state index in [2.05, 4.69) is 21.2 Å². The first kappa shape index (κ1) is 19.4. The monoisotopic (exact) mass is 434 g/mol. The number of hydrogen-bond acceptors (Lipinski definition) is 3. The summed E-state index contributed by atoms with van der Waals surface area (Å²) in [6.07, 6.45) is 1.47. The first-order valence-electron chi connectivity index (χ1n) is 8.74. The van der Waals surface area contributed by atoms with E-state index < -0.39 is 5.82 Å². The van der Waals surface area contributed by atoms with Gasteiger partial charge in [-0.2, -0.15) is 0 Å². The van der Waals surface area contributed by atoms with Gasteiger partial charge in [-0.05, 0) is 43.2 Å². The SMILES string of the molecule is O=C(Nc1ccccc1)C1CCCN(C(=O)COc2ccc(Br)cc2F)C1. The van der Waals surface area contributed by atoms with Crippen LogP contribution in [0.5, 0.6) is 5.75 Å². The molecular weight excluding hydrogens is 415 g/mol. The smallest absolute Gasteiger partial charge is 0.260 e. The maximum absolute atomic E-state index is 13.8. The highest BCUT2D eigenvalue weighted by molar-refractivity contribution is 9.10. The summed E-state index contributed by atoms with van der Waals surface area (Å²) < 4.78 is 19.7. The van der Waals surface area contributed by atoms with E-state index in [0.29, 0.717) is 17.6 Å².